The second kappa shape index (κ2) is 8.42. The van der Waals surface area contributed by atoms with Gasteiger partial charge in [0.05, 0.1) is 5.56 Å². The Morgan fingerprint density at radius 2 is 1.90 bits per heavy atom. The van der Waals surface area contributed by atoms with Crippen LogP contribution in [-0.2, 0) is 4.79 Å². The Labute approximate surface area is 136 Å². The maximum absolute atomic E-state index is 12.0. The Morgan fingerprint density at radius 3 is 2.55 bits per heavy atom. The molecule has 0 saturated carbocycles. The van der Waals surface area contributed by atoms with E-state index in [-0.39, 0.29) is 18.2 Å². The van der Waals surface area contributed by atoms with Crippen molar-refractivity contribution in [1.82, 2.24) is 10.6 Å². The van der Waals surface area contributed by atoms with Crippen molar-refractivity contribution in [2.75, 3.05) is 13.1 Å². The van der Waals surface area contributed by atoms with Crippen LogP contribution in [0.2, 0.25) is 0 Å². The van der Waals surface area contributed by atoms with Crippen molar-refractivity contribution in [2.24, 2.45) is 5.92 Å². The quantitative estimate of drug-likeness (QED) is 0.763. The van der Waals surface area contributed by atoms with Crippen molar-refractivity contribution < 1.29 is 9.59 Å². The number of halogens is 2. The molecule has 4 nitrogen and oxygen atoms in total. The molecule has 0 aliphatic rings. The smallest absolute Gasteiger partial charge is 0.252 e. The van der Waals surface area contributed by atoms with Crippen LogP contribution in [0.15, 0.2) is 27.1 Å². The molecule has 0 aliphatic heterocycles. The van der Waals surface area contributed by atoms with Crippen LogP contribution in [0.1, 0.15) is 30.6 Å². The summed E-state index contributed by atoms with van der Waals surface area (Å²) in [4.78, 5) is 23.5. The summed E-state index contributed by atoms with van der Waals surface area (Å²) in [6, 6.07) is 5.38. The highest BCUT2D eigenvalue weighted by molar-refractivity contribution is 9.11. The first-order valence-corrected chi connectivity index (χ1v) is 7.98. The zero-order chi connectivity index (χ0) is 15.1. The van der Waals surface area contributed by atoms with Gasteiger partial charge in [-0.1, -0.05) is 29.8 Å². The van der Waals surface area contributed by atoms with Crippen molar-refractivity contribution in [3.8, 4) is 0 Å². The molecule has 0 unspecified atom stereocenters. The van der Waals surface area contributed by atoms with Gasteiger partial charge in [-0.3, -0.25) is 9.59 Å². The van der Waals surface area contributed by atoms with Crippen molar-refractivity contribution in [2.45, 2.75) is 20.3 Å². The van der Waals surface area contributed by atoms with Gasteiger partial charge in [0.15, 0.2) is 0 Å². The van der Waals surface area contributed by atoms with E-state index < -0.39 is 0 Å². The van der Waals surface area contributed by atoms with Gasteiger partial charge < -0.3 is 10.6 Å². The van der Waals surface area contributed by atoms with E-state index in [4.69, 9.17) is 0 Å². The van der Waals surface area contributed by atoms with E-state index in [1.165, 1.54) is 0 Å². The van der Waals surface area contributed by atoms with Crippen LogP contribution < -0.4 is 10.6 Å². The number of rotatable bonds is 6. The molecule has 0 aliphatic carbocycles. The normalized spacial score (nSPS) is 10.4. The zero-order valence-electron chi connectivity index (χ0n) is 11.5. The average Bonchev–Trinajstić information content (AvgIpc) is 2.39. The number of carbonyl (C=O) groups is 2. The molecule has 2 amide bonds. The number of hydrogen-bond donors (Lipinski definition) is 2. The first-order valence-electron chi connectivity index (χ1n) is 6.40. The lowest BCUT2D eigenvalue weighted by Gasteiger charge is -2.09. The molecule has 0 spiro atoms. The highest BCUT2D eigenvalue weighted by atomic mass is 79.9. The van der Waals surface area contributed by atoms with Crippen molar-refractivity contribution in [1.29, 1.82) is 0 Å². The summed E-state index contributed by atoms with van der Waals surface area (Å²) in [7, 11) is 0. The van der Waals surface area contributed by atoms with Crippen molar-refractivity contribution >= 4 is 43.7 Å². The Bertz CT molecular complexity index is 490. The second-order valence-electron chi connectivity index (χ2n) is 4.83. The highest BCUT2D eigenvalue weighted by Crippen LogP contribution is 2.21. The fraction of sp³-hybridized carbons (Fsp3) is 0.429. The molecule has 1 aromatic carbocycles. The third-order valence-corrected chi connectivity index (χ3v) is 3.70. The zero-order valence-corrected chi connectivity index (χ0v) is 14.7. The third-order valence-electron chi connectivity index (χ3n) is 2.52. The number of benzene rings is 1. The predicted octanol–water partition coefficient (Wildman–Crippen LogP) is 3.10. The number of carbonyl (C=O) groups excluding carboxylic acids is 2. The van der Waals surface area contributed by atoms with E-state index in [1.54, 1.807) is 12.1 Å². The minimum Gasteiger partial charge on any atom is -0.356 e. The molecule has 1 rings (SSSR count). The molecule has 110 valence electrons. The average molecular weight is 406 g/mol. The summed E-state index contributed by atoms with van der Waals surface area (Å²) in [6.45, 7) is 5.05. The molecule has 6 heteroatoms. The van der Waals surface area contributed by atoms with Gasteiger partial charge in [0, 0.05) is 28.5 Å². The minimum atomic E-state index is -0.199. The lowest BCUT2D eigenvalue weighted by atomic mass is 10.2. The van der Waals surface area contributed by atoms with Crippen LogP contribution in [0, 0.1) is 5.92 Å². The van der Waals surface area contributed by atoms with Gasteiger partial charge in [0.2, 0.25) is 5.91 Å². The number of nitrogens with one attached hydrogen (secondary N) is 2. The predicted molar refractivity (Wildman–Crippen MR) is 86.6 cm³/mol. The summed E-state index contributed by atoms with van der Waals surface area (Å²) in [5.74, 6) is 0.174. The molecular formula is C14H18Br2N2O2. The van der Waals surface area contributed by atoms with Gasteiger partial charge in [-0.25, -0.2) is 0 Å². The molecule has 1 aromatic rings. The number of amides is 2. The van der Waals surface area contributed by atoms with Crippen LogP contribution in [0.25, 0.3) is 0 Å². The molecule has 20 heavy (non-hydrogen) atoms. The third kappa shape index (κ3) is 6.05. The summed E-state index contributed by atoms with van der Waals surface area (Å²) < 4.78 is 1.56. The Kier molecular flexibility index (Phi) is 7.23. The standard InChI is InChI=1S/C14H18Br2N2O2/c1-9(2)8-18-13(19)5-6-17-14(20)11-7-10(15)3-4-12(11)16/h3-4,7,9H,5-6,8H2,1-2H3,(H,17,20)(H,18,19). The van der Waals surface area contributed by atoms with Crippen LogP contribution in [-0.4, -0.2) is 24.9 Å². The van der Waals surface area contributed by atoms with E-state index in [9.17, 15) is 9.59 Å². The minimum absolute atomic E-state index is 0.0488. The van der Waals surface area contributed by atoms with Gasteiger partial charge in [0.25, 0.3) is 5.91 Å². The molecule has 0 atom stereocenters. The molecule has 0 saturated heterocycles. The molecular weight excluding hydrogens is 388 g/mol. The van der Waals surface area contributed by atoms with Crippen LogP contribution in [0.3, 0.4) is 0 Å². The Balaban J connectivity index is 2.40. The van der Waals surface area contributed by atoms with E-state index in [1.807, 2.05) is 19.9 Å². The van der Waals surface area contributed by atoms with Crippen molar-refractivity contribution in [3.05, 3.63) is 32.7 Å². The van der Waals surface area contributed by atoms with Crippen molar-refractivity contribution in [3.63, 3.8) is 0 Å². The van der Waals surface area contributed by atoms with Gasteiger partial charge in [0.1, 0.15) is 0 Å². The molecule has 0 aromatic heterocycles. The first-order chi connectivity index (χ1) is 9.40. The summed E-state index contributed by atoms with van der Waals surface area (Å²) in [6.07, 6.45) is 0.282. The summed E-state index contributed by atoms with van der Waals surface area (Å²) in [5, 5.41) is 5.54. The van der Waals surface area contributed by atoms with Crippen LogP contribution in [0.4, 0.5) is 0 Å². The summed E-state index contributed by atoms with van der Waals surface area (Å²) in [5.41, 5.74) is 0.543. The van der Waals surface area contributed by atoms with E-state index in [0.717, 1.165) is 8.95 Å². The van der Waals surface area contributed by atoms with E-state index in [2.05, 4.69) is 42.5 Å². The maximum atomic E-state index is 12.0. The van der Waals surface area contributed by atoms with Crippen LogP contribution in [0.5, 0.6) is 0 Å². The SMILES string of the molecule is CC(C)CNC(=O)CCNC(=O)c1cc(Br)ccc1Br. The van der Waals surface area contributed by atoms with Gasteiger partial charge in [-0.15, -0.1) is 0 Å². The fourth-order valence-corrected chi connectivity index (χ4v) is 2.25. The maximum Gasteiger partial charge on any atom is 0.252 e. The largest absolute Gasteiger partial charge is 0.356 e. The molecule has 2 N–H and O–H groups in total. The van der Waals surface area contributed by atoms with Gasteiger partial charge >= 0.3 is 0 Å². The Hall–Kier alpha value is -0.880. The van der Waals surface area contributed by atoms with E-state index >= 15 is 0 Å². The lowest BCUT2D eigenvalue weighted by molar-refractivity contribution is -0.121. The number of hydrogen-bond acceptors (Lipinski definition) is 2. The molecule has 0 radical (unpaired) electrons. The second-order valence-corrected chi connectivity index (χ2v) is 6.60. The lowest BCUT2D eigenvalue weighted by Crippen LogP contribution is -2.32. The highest BCUT2D eigenvalue weighted by Gasteiger charge is 2.10. The Morgan fingerprint density at radius 1 is 1.20 bits per heavy atom. The topological polar surface area (TPSA) is 58.2 Å². The summed E-state index contributed by atoms with van der Waals surface area (Å²) >= 11 is 6.66. The van der Waals surface area contributed by atoms with Gasteiger partial charge in [-0.2, -0.15) is 0 Å². The van der Waals surface area contributed by atoms with Gasteiger partial charge in [-0.05, 0) is 40.0 Å². The molecule has 0 heterocycles. The van der Waals surface area contributed by atoms with Crippen LogP contribution >= 0.6 is 31.9 Å². The monoisotopic (exact) mass is 404 g/mol. The fourth-order valence-electron chi connectivity index (χ4n) is 1.46. The van der Waals surface area contributed by atoms with E-state index in [0.29, 0.717) is 24.6 Å². The first kappa shape index (κ1) is 17.2. The molecule has 0 bridgehead atoms. The molecule has 0 fully saturated rings.